The van der Waals surface area contributed by atoms with Gasteiger partial charge < -0.3 is 4.98 Å². The van der Waals surface area contributed by atoms with Gasteiger partial charge in [0, 0.05) is 29.7 Å². The van der Waals surface area contributed by atoms with E-state index in [-0.39, 0.29) is 5.56 Å². The monoisotopic (exact) mass is 206 g/mol. The molecule has 0 aromatic carbocycles. The Balaban J connectivity index is 2.55. The summed E-state index contributed by atoms with van der Waals surface area (Å²) in [6.45, 7) is 0. The predicted octanol–water partition coefficient (Wildman–Crippen LogP) is 2.09. The minimum Gasteiger partial charge on any atom is -0.322 e. The molecule has 0 aliphatic rings. The topological polar surface area (TPSA) is 45.8 Å². The van der Waals surface area contributed by atoms with Crippen molar-refractivity contribution in [1.29, 1.82) is 0 Å². The van der Waals surface area contributed by atoms with Crippen LogP contribution in [0.15, 0.2) is 41.5 Å². The van der Waals surface area contributed by atoms with E-state index < -0.39 is 0 Å². The third kappa shape index (κ3) is 1.83. The van der Waals surface area contributed by atoms with Crippen molar-refractivity contribution < 1.29 is 0 Å². The zero-order valence-electron chi connectivity index (χ0n) is 7.20. The van der Waals surface area contributed by atoms with E-state index in [1.165, 1.54) is 6.07 Å². The van der Waals surface area contributed by atoms with Crippen LogP contribution < -0.4 is 5.56 Å². The first-order valence-corrected chi connectivity index (χ1v) is 4.44. The van der Waals surface area contributed by atoms with E-state index in [1.54, 1.807) is 30.6 Å². The molecule has 0 aliphatic carbocycles. The van der Waals surface area contributed by atoms with Gasteiger partial charge in [-0.15, -0.1) is 0 Å². The summed E-state index contributed by atoms with van der Waals surface area (Å²) in [5.41, 5.74) is 1.38. The Hall–Kier alpha value is -1.61. The Morgan fingerprint density at radius 1 is 1.29 bits per heavy atom. The van der Waals surface area contributed by atoms with Crippen LogP contribution in [0, 0.1) is 0 Å². The maximum absolute atomic E-state index is 11.0. The summed E-state index contributed by atoms with van der Waals surface area (Å²) in [6.07, 6.45) is 3.20. The van der Waals surface area contributed by atoms with E-state index >= 15 is 0 Å². The Labute approximate surface area is 85.4 Å². The van der Waals surface area contributed by atoms with Gasteiger partial charge in [-0.05, 0) is 12.1 Å². The van der Waals surface area contributed by atoms with Crippen molar-refractivity contribution in [2.45, 2.75) is 0 Å². The Morgan fingerprint density at radius 3 is 2.86 bits per heavy atom. The highest BCUT2D eigenvalue weighted by molar-refractivity contribution is 6.30. The van der Waals surface area contributed by atoms with Gasteiger partial charge in [0.1, 0.15) is 0 Å². The van der Waals surface area contributed by atoms with Crippen LogP contribution in [-0.2, 0) is 0 Å². The molecule has 0 amide bonds. The molecular weight excluding hydrogens is 200 g/mol. The number of hydrogen-bond acceptors (Lipinski definition) is 2. The van der Waals surface area contributed by atoms with Gasteiger partial charge in [-0.25, -0.2) is 0 Å². The zero-order chi connectivity index (χ0) is 9.97. The van der Waals surface area contributed by atoms with Gasteiger partial charge in [0.2, 0.25) is 5.56 Å². The summed E-state index contributed by atoms with van der Waals surface area (Å²) in [7, 11) is 0. The molecule has 70 valence electrons. The number of nitrogens with zero attached hydrogens (tertiary/aromatic N) is 1. The van der Waals surface area contributed by atoms with Gasteiger partial charge in [-0.3, -0.25) is 9.78 Å². The van der Waals surface area contributed by atoms with Gasteiger partial charge in [0.05, 0.1) is 5.02 Å². The van der Waals surface area contributed by atoms with Gasteiger partial charge in [-0.2, -0.15) is 0 Å². The highest BCUT2D eigenvalue weighted by Gasteiger charge is 1.98. The first kappa shape index (κ1) is 8.97. The lowest BCUT2D eigenvalue weighted by Gasteiger charge is -1.99. The number of halogens is 1. The van der Waals surface area contributed by atoms with E-state index in [4.69, 9.17) is 11.6 Å². The maximum Gasteiger partial charge on any atom is 0.248 e. The lowest BCUT2D eigenvalue weighted by molar-refractivity contribution is 1.22. The van der Waals surface area contributed by atoms with Crippen LogP contribution in [0.4, 0.5) is 0 Å². The van der Waals surface area contributed by atoms with Crippen molar-refractivity contribution in [2.75, 3.05) is 0 Å². The van der Waals surface area contributed by atoms with Crippen molar-refractivity contribution in [3.05, 3.63) is 52.0 Å². The summed E-state index contributed by atoms with van der Waals surface area (Å²) in [5.74, 6) is 0. The standard InChI is InChI=1S/C10H7ClN2O/c11-8-4-7(5-12-6-8)9-2-1-3-10(14)13-9/h1-6H,(H,13,14). The highest BCUT2D eigenvalue weighted by atomic mass is 35.5. The molecule has 0 unspecified atom stereocenters. The van der Waals surface area contributed by atoms with Gasteiger partial charge in [0.15, 0.2) is 0 Å². The van der Waals surface area contributed by atoms with E-state index in [2.05, 4.69) is 9.97 Å². The smallest absolute Gasteiger partial charge is 0.248 e. The third-order valence-electron chi connectivity index (χ3n) is 1.78. The van der Waals surface area contributed by atoms with Gasteiger partial charge in [0.25, 0.3) is 0 Å². The van der Waals surface area contributed by atoms with Crippen LogP contribution in [0.3, 0.4) is 0 Å². The SMILES string of the molecule is O=c1cccc(-c2cncc(Cl)c2)[nH]1. The number of aromatic amines is 1. The molecule has 4 heteroatoms. The van der Waals surface area contributed by atoms with Crippen molar-refractivity contribution in [1.82, 2.24) is 9.97 Å². The summed E-state index contributed by atoms with van der Waals surface area (Å²) >= 11 is 5.78. The first-order chi connectivity index (χ1) is 6.75. The normalized spacial score (nSPS) is 10.1. The lowest BCUT2D eigenvalue weighted by atomic mass is 10.2. The Bertz CT molecular complexity index is 507. The molecule has 2 aromatic rings. The van der Waals surface area contributed by atoms with Gasteiger partial charge >= 0.3 is 0 Å². The molecule has 0 bridgehead atoms. The van der Waals surface area contributed by atoms with Crippen molar-refractivity contribution in [3.63, 3.8) is 0 Å². The fourth-order valence-electron chi connectivity index (χ4n) is 1.18. The highest BCUT2D eigenvalue weighted by Crippen LogP contribution is 2.17. The van der Waals surface area contributed by atoms with Crippen molar-refractivity contribution in [2.24, 2.45) is 0 Å². The van der Waals surface area contributed by atoms with Gasteiger partial charge in [-0.1, -0.05) is 17.7 Å². The van der Waals surface area contributed by atoms with Crippen LogP contribution in [0.1, 0.15) is 0 Å². The van der Waals surface area contributed by atoms with Crippen LogP contribution in [-0.4, -0.2) is 9.97 Å². The number of nitrogens with one attached hydrogen (secondary N) is 1. The molecule has 0 atom stereocenters. The maximum atomic E-state index is 11.0. The third-order valence-corrected chi connectivity index (χ3v) is 1.99. The zero-order valence-corrected chi connectivity index (χ0v) is 7.95. The summed E-state index contributed by atoms with van der Waals surface area (Å²) in [5, 5.41) is 0.548. The Kier molecular flexibility index (Phi) is 2.33. The molecule has 0 radical (unpaired) electrons. The molecule has 0 saturated carbocycles. The minimum absolute atomic E-state index is 0.137. The van der Waals surface area contributed by atoms with E-state index in [0.29, 0.717) is 10.7 Å². The summed E-state index contributed by atoms with van der Waals surface area (Å²) < 4.78 is 0. The Morgan fingerprint density at radius 2 is 2.14 bits per heavy atom. The first-order valence-electron chi connectivity index (χ1n) is 4.06. The molecule has 14 heavy (non-hydrogen) atoms. The molecule has 0 fully saturated rings. The molecule has 0 spiro atoms. The molecule has 2 heterocycles. The second kappa shape index (κ2) is 3.64. The quantitative estimate of drug-likeness (QED) is 0.777. The van der Waals surface area contributed by atoms with E-state index in [0.717, 1.165) is 5.56 Å². The van der Waals surface area contributed by atoms with Crippen LogP contribution >= 0.6 is 11.6 Å². The molecule has 1 N–H and O–H groups in total. The summed E-state index contributed by atoms with van der Waals surface area (Å²) in [4.78, 5) is 17.7. The predicted molar refractivity (Wildman–Crippen MR) is 55.3 cm³/mol. The van der Waals surface area contributed by atoms with E-state index in [1.807, 2.05) is 0 Å². The molecule has 0 aliphatic heterocycles. The number of H-pyrrole nitrogens is 1. The number of hydrogen-bond donors (Lipinski definition) is 1. The second-order valence-electron chi connectivity index (χ2n) is 2.82. The van der Waals surface area contributed by atoms with Crippen molar-refractivity contribution in [3.8, 4) is 11.3 Å². The van der Waals surface area contributed by atoms with E-state index in [9.17, 15) is 4.79 Å². The van der Waals surface area contributed by atoms with Crippen LogP contribution in [0.5, 0.6) is 0 Å². The second-order valence-corrected chi connectivity index (χ2v) is 3.26. The number of aromatic nitrogens is 2. The molecule has 2 rings (SSSR count). The molecule has 3 nitrogen and oxygen atoms in total. The number of pyridine rings is 2. The minimum atomic E-state index is -0.137. The fourth-order valence-corrected chi connectivity index (χ4v) is 1.35. The molecular formula is C10H7ClN2O. The molecule has 2 aromatic heterocycles. The average Bonchev–Trinajstić information content (AvgIpc) is 2.18. The largest absolute Gasteiger partial charge is 0.322 e. The van der Waals surface area contributed by atoms with Crippen LogP contribution in [0.25, 0.3) is 11.3 Å². The number of rotatable bonds is 1. The van der Waals surface area contributed by atoms with Crippen LogP contribution in [0.2, 0.25) is 5.02 Å². The fraction of sp³-hybridized carbons (Fsp3) is 0. The van der Waals surface area contributed by atoms with Crippen molar-refractivity contribution >= 4 is 11.6 Å². The molecule has 0 saturated heterocycles. The summed E-state index contributed by atoms with van der Waals surface area (Å²) in [6, 6.07) is 6.70. The average molecular weight is 207 g/mol. The lowest BCUT2D eigenvalue weighted by Crippen LogP contribution is -2.03.